The number of methoxy groups -OCH3 is 1. The number of hydrogen-bond donors (Lipinski definition) is 1. The van der Waals surface area contributed by atoms with E-state index in [0.717, 1.165) is 15.9 Å². The lowest BCUT2D eigenvalue weighted by atomic mass is 9.51. The fourth-order valence-electron chi connectivity index (χ4n) is 8.90. The molecule has 2 aliphatic heterocycles. The van der Waals surface area contributed by atoms with Gasteiger partial charge in [0, 0.05) is 28.7 Å². The number of carbonyl (C=O) groups excluding carboxylic acids is 5. The Bertz CT molecular complexity index is 2240. The molecule has 0 radical (unpaired) electrons. The number of carbonyl (C=O) groups is 5. The van der Waals surface area contributed by atoms with Gasteiger partial charge < -0.3 is 9.84 Å². The molecule has 2 aliphatic carbocycles. The van der Waals surface area contributed by atoms with E-state index in [0.29, 0.717) is 33.7 Å². The molecule has 2 saturated heterocycles. The summed E-state index contributed by atoms with van der Waals surface area (Å²) in [6.45, 7) is 1.69. The van der Waals surface area contributed by atoms with E-state index in [9.17, 15) is 33.5 Å². The molecule has 2 heterocycles. The van der Waals surface area contributed by atoms with E-state index >= 15 is 0 Å². The molecule has 4 aromatic carbocycles. The van der Waals surface area contributed by atoms with Crippen molar-refractivity contribution in [1.29, 1.82) is 0 Å². The number of ether oxygens (including phenoxy) is 1. The van der Waals surface area contributed by atoms with Crippen molar-refractivity contribution in [3.63, 3.8) is 0 Å². The van der Waals surface area contributed by atoms with Crippen LogP contribution in [-0.4, -0.2) is 41.6 Å². The van der Waals surface area contributed by atoms with Crippen LogP contribution in [0.25, 0.3) is 0 Å². The zero-order chi connectivity index (χ0) is 36.6. The van der Waals surface area contributed by atoms with E-state index < -0.39 is 58.5 Å². The maximum Gasteiger partial charge on any atom is 0.241 e. The van der Waals surface area contributed by atoms with Gasteiger partial charge >= 0.3 is 0 Å². The maximum absolute atomic E-state index is 14.6. The summed E-state index contributed by atoms with van der Waals surface area (Å²) in [5, 5.41) is 11.1. The van der Waals surface area contributed by atoms with Crippen LogP contribution in [0.1, 0.15) is 47.2 Å². The normalized spacial score (nSPS) is 26.5. The number of rotatable bonds is 6. The van der Waals surface area contributed by atoms with Crippen molar-refractivity contribution < 1.29 is 38.2 Å². The average molecular weight is 719 g/mol. The smallest absolute Gasteiger partial charge is 0.241 e. The second-order valence-electron chi connectivity index (χ2n) is 13.9. The highest BCUT2D eigenvalue weighted by Crippen LogP contribution is 2.64. The van der Waals surface area contributed by atoms with Crippen molar-refractivity contribution in [2.75, 3.05) is 16.9 Å². The van der Waals surface area contributed by atoms with Crippen LogP contribution in [0.5, 0.6) is 11.5 Å². The zero-order valence-electron chi connectivity index (χ0n) is 28.1. The molecule has 1 N–H and O–H groups in total. The molecule has 0 aromatic heterocycles. The number of aromatic hydroxyl groups is 1. The summed E-state index contributed by atoms with van der Waals surface area (Å²) < 4.78 is 19.5. The second-order valence-corrected chi connectivity index (χ2v) is 14.3. The third kappa shape index (κ3) is 4.84. The third-order valence-electron chi connectivity index (χ3n) is 11.4. The predicted octanol–water partition coefficient (Wildman–Crippen LogP) is 6.86. The highest BCUT2D eigenvalue weighted by molar-refractivity contribution is 6.32. The minimum absolute atomic E-state index is 0.0876. The van der Waals surface area contributed by atoms with Crippen LogP contribution in [0.3, 0.4) is 0 Å². The van der Waals surface area contributed by atoms with E-state index in [2.05, 4.69) is 0 Å². The van der Waals surface area contributed by atoms with Crippen molar-refractivity contribution in [3.05, 3.63) is 130 Å². The molecule has 52 heavy (non-hydrogen) atoms. The Balaban J connectivity index is 1.19. The van der Waals surface area contributed by atoms with E-state index in [-0.39, 0.29) is 41.0 Å². The van der Waals surface area contributed by atoms with Gasteiger partial charge in [-0.15, -0.1) is 0 Å². The van der Waals surface area contributed by atoms with Gasteiger partial charge in [-0.25, -0.2) is 9.29 Å². The van der Waals surface area contributed by atoms with Gasteiger partial charge in [-0.3, -0.25) is 28.9 Å². The van der Waals surface area contributed by atoms with E-state index in [4.69, 9.17) is 16.3 Å². The van der Waals surface area contributed by atoms with Gasteiger partial charge in [-0.05, 0) is 74.2 Å². The topological polar surface area (TPSA) is 121 Å². The summed E-state index contributed by atoms with van der Waals surface area (Å²) >= 11 is 6.09. The van der Waals surface area contributed by atoms with Crippen LogP contribution in [0.4, 0.5) is 15.8 Å². The van der Waals surface area contributed by atoms with Crippen LogP contribution < -0.4 is 14.5 Å². The summed E-state index contributed by atoms with van der Waals surface area (Å²) in [5.74, 6) is -6.60. The lowest BCUT2D eigenvalue weighted by molar-refractivity contribution is -0.131. The van der Waals surface area contributed by atoms with Crippen LogP contribution in [0.2, 0.25) is 5.02 Å². The van der Waals surface area contributed by atoms with Crippen molar-refractivity contribution in [3.8, 4) is 11.5 Å². The van der Waals surface area contributed by atoms with E-state index in [1.807, 2.05) is 12.1 Å². The molecular formula is C41H32ClFN2O7. The van der Waals surface area contributed by atoms with Gasteiger partial charge in [0.1, 0.15) is 17.3 Å². The first-order valence-electron chi connectivity index (χ1n) is 16.9. The second kappa shape index (κ2) is 12.3. The van der Waals surface area contributed by atoms with Crippen LogP contribution in [-0.2, 0) is 19.2 Å². The van der Waals surface area contributed by atoms with Crippen molar-refractivity contribution in [2.45, 2.75) is 25.7 Å². The number of imide groups is 2. The van der Waals surface area contributed by atoms with Gasteiger partial charge in [0.25, 0.3) is 0 Å². The summed E-state index contributed by atoms with van der Waals surface area (Å²) in [6, 6.07) is 23.5. The monoisotopic (exact) mass is 718 g/mol. The predicted molar refractivity (Wildman–Crippen MR) is 189 cm³/mol. The molecule has 9 nitrogen and oxygen atoms in total. The minimum atomic E-state index is -1.42. The van der Waals surface area contributed by atoms with Gasteiger partial charge in [-0.1, -0.05) is 59.6 Å². The molecule has 6 atom stereocenters. The quantitative estimate of drug-likeness (QED) is 0.131. The molecule has 3 fully saturated rings. The molecule has 0 spiro atoms. The van der Waals surface area contributed by atoms with Crippen LogP contribution in [0.15, 0.2) is 103 Å². The summed E-state index contributed by atoms with van der Waals surface area (Å²) in [5.41, 5.74) is 0.981. The Morgan fingerprint density at radius 2 is 1.54 bits per heavy atom. The Morgan fingerprint density at radius 1 is 0.846 bits per heavy atom. The molecule has 0 bridgehead atoms. The molecule has 0 unspecified atom stereocenters. The first-order valence-corrected chi connectivity index (χ1v) is 17.3. The number of phenols is 1. The molecule has 4 amide bonds. The first kappa shape index (κ1) is 33.5. The number of phenolic OH excluding ortho intramolecular Hbond substituents is 1. The Kier molecular flexibility index (Phi) is 7.91. The number of halogens is 2. The Labute approximate surface area is 303 Å². The Hall–Kier alpha value is -5.61. The molecule has 4 aliphatic rings. The zero-order valence-corrected chi connectivity index (χ0v) is 28.8. The summed E-state index contributed by atoms with van der Waals surface area (Å²) in [6.07, 6.45) is 2.17. The standard InChI is InChI=1S/C41H32ClFN2O7/c1-41-30(38(49)45(40(41)51)24-12-17-32(43)31(42)18-24)20-29-26(35(41)27-14-13-25(52-2)19-33(27)46)15-16-28-34(29)39(50)44(37(28)48)23-10-8-22(9-11-23)36(47)21-6-4-3-5-7-21/h3-15,17-19,28-30,34-35,46H,16,20H2,1-2H3/t28-,29+,30-,34-,35+,41+/m0/s1. The van der Waals surface area contributed by atoms with Gasteiger partial charge in [-0.2, -0.15) is 0 Å². The first-order chi connectivity index (χ1) is 24.9. The van der Waals surface area contributed by atoms with Crippen molar-refractivity contribution in [1.82, 2.24) is 0 Å². The number of nitrogens with zero attached hydrogens (tertiary/aromatic N) is 2. The molecule has 1 saturated carbocycles. The van der Waals surface area contributed by atoms with Crippen molar-refractivity contribution in [2.24, 2.45) is 29.1 Å². The van der Waals surface area contributed by atoms with E-state index in [1.54, 1.807) is 67.6 Å². The lowest BCUT2D eigenvalue weighted by Crippen LogP contribution is -2.48. The number of anilines is 2. The third-order valence-corrected chi connectivity index (χ3v) is 11.7. The molecule has 4 aromatic rings. The number of benzene rings is 4. The van der Waals surface area contributed by atoms with Crippen LogP contribution >= 0.6 is 11.6 Å². The average Bonchev–Trinajstić information content (AvgIpc) is 3.52. The van der Waals surface area contributed by atoms with Gasteiger partial charge in [0.2, 0.25) is 23.6 Å². The fraction of sp³-hybridized carbons (Fsp3) is 0.244. The summed E-state index contributed by atoms with van der Waals surface area (Å²) in [7, 11) is 1.46. The largest absolute Gasteiger partial charge is 0.508 e. The number of fused-ring (bicyclic) bond motifs is 4. The molecule has 11 heteroatoms. The van der Waals surface area contributed by atoms with E-state index in [1.165, 1.54) is 25.3 Å². The highest BCUT2D eigenvalue weighted by Gasteiger charge is 2.68. The Morgan fingerprint density at radius 3 is 2.21 bits per heavy atom. The SMILES string of the molecule is COc1ccc([C@H]2C3=CC[C@@H]4C(=O)N(c5ccc(C(=O)c6ccccc6)cc5)C(=O)[C@@H]4[C@@H]3C[C@H]3C(=O)N(c4ccc(F)c(Cl)c4)C(=O)[C@@]23C)c(O)c1. The van der Waals surface area contributed by atoms with Crippen molar-refractivity contribution >= 4 is 52.4 Å². The maximum atomic E-state index is 14.6. The minimum Gasteiger partial charge on any atom is -0.508 e. The number of hydrogen-bond acceptors (Lipinski definition) is 7. The van der Waals surface area contributed by atoms with Crippen LogP contribution in [0, 0.1) is 34.9 Å². The number of amides is 4. The number of ketones is 1. The molecule has 8 rings (SSSR count). The number of allylic oxidation sites excluding steroid dienone is 2. The highest BCUT2D eigenvalue weighted by atomic mass is 35.5. The summed E-state index contributed by atoms with van der Waals surface area (Å²) in [4.78, 5) is 72.6. The van der Waals surface area contributed by atoms with Gasteiger partial charge in [0.05, 0.1) is 46.7 Å². The van der Waals surface area contributed by atoms with Gasteiger partial charge in [0.15, 0.2) is 5.78 Å². The molecule has 262 valence electrons. The lowest BCUT2D eigenvalue weighted by Gasteiger charge is -2.49. The molecular weight excluding hydrogens is 687 g/mol. The fourth-order valence-corrected chi connectivity index (χ4v) is 9.07.